The molecule has 20 heavy (non-hydrogen) atoms. The molecule has 2 aromatic rings. The van der Waals surface area contributed by atoms with E-state index in [1.54, 1.807) is 17.1 Å². The number of rotatable bonds is 6. The zero-order valence-electron chi connectivity index (χ0n) is 12.0. The van der Waals surface area contributed by atoms with Crippen LogP contribution in [0.5, 0.6) is 0 Å². The van der Waals surface area contributed by atoms with Gasteiger partial charge in [0.2, 0.25) is 0 Å². The van der Waals surface area contributed by atoms with E-state index in [-0.39, 0.29) is 0 Å². The van der Waals surface area contributed by atoms with Crippen molar-refractivity contribution in [3.8, 4) is 11.4 Å². The molecule has 0 amide bonds. The van der Waals surface area contributed by atoms with Crippen LogP contribution in [0.25, 0.3) is 11.4 Å². The van der Waals surface area contributed by atoms with Gasteiger partial charge < -0.3 is 4.74 Å². The van der Waals surface area contributed by atoms with Crippen LogP contribution in [0.2, 0.25) is 25.7 Å². The third-order valence-electron chi connectivity index (χ3n) is 2.78. The lowest BCUT2D eigenvalue weighted by Gasteiger charge is -2.15. The predicted octanol–water partition coefficient (Wildman–Crippen LogP) is 3.41. The van der Waals surface area contributed by atoms with E-state index in [0.29, 0.717) is 17.3 Å². The Morgan fingerprint density at radius 2 is 1.95 bits per heavy atom. The first-order valence-electron chi connectivity index (χ1n) is 6.54. The fraction of sp³-hybridized carbons (Fsp3) is 0.462. The van der Waals surface area contributed by atoms with Gasteiger partial charge in [-0.3, -0.25) is 4.98 Å². The highest BCUT2D eigenvalue weighted by molar-refractivity contribution is 9.10. The van der Waals surface area contributed by atoms with Crippen LogP contribution in [0, 0.1) is 0 Å². The summed E-state index contributed by atoms with van der Waals surface area (Å²) in [7, 11) is -1.05. The van der Waals surface area contributed by atoms with Gasteiger partial charge in [-0.1, -0.05) is 19.6 Å². The van der Waals surface area contributed by atoms with Crippen molar-refractivity contribution in [2.75, 3.05) is 6.61 Å². The van der Waals surface area contributed by atoms with E-state index < -0.39 is 8.07 Å². The van der Waals surface area contributed by atoms with Gasteiger partial charge >= 0.3 is 0 Å². The highest BCUT2D eigenvalue weighted by Crippen LogP contribution is 2.17. The fourth-order valence-corrected chi connectivity index (χ4v) is 2.66. The zero-order chi connectivity index (χ0) is 14.6. The average molecular weight is 355 g/mol. The van der Waals surface area contributed by atoms with Crippen molar-refractivity contribution in [1.82, 2.24) is 19.7 Å². The van der Waals surface area contributed by atoms with Crippen LogP contribution < -0.4 is 0 Å². The van der Waals surface area contributed by atoms with Crippen LogP contribution in [0.3, 0.4) is 0 Å². The highest BCUT2D eigenvalue weighted by Gasteiger charge is 2.13. The number of aromatic nitrogens is 4. The van der Waals surface area contributed by atoms with Crippen LogP contribution in [0.4, 0.5) is 0 Å². The summed E-state index contributed by atoms with van der Waals surface area (Å²) in [5.74, 6) is 0.674. The molecule has 0 aromatic carbocycles. The Morgan fingerprint density at radius 3 is 2.60 bits per heavy atom. The normalized spacial score (nSPS) is 11.8. The third kappa shape index (κ3) is 4.50. The van der Waals surface area contributed by atoms with E-state index in [0.717, 1.165) is 18.2 Å². The van der Waals surface area contributed by atoms with Gasteiger partial charge in [-0.2, -0.15) is 0 Å². The minimum Gasteiger partial charge on any atom is -0.359 e. The number of hydrogen-bond donors (Lipinski definition) is 0. The van der Waals surface area contributed by atoms with Crippen LogP contribution in [0.1, 0.15) is 0 Å². The summed E-state index contributed by atoms with van der Waals surface area (Å²) in [6.07, 6.45) is 3.46. The number of halogens is 1. The molecule has 0 bridgehead atoms. The summed E-state index contributed by atoms with van der Waals surface area (Å²) >= 11 is 3.41. The molecule has 2 rings (SSSR count). The molecule has 7 heteroatoms. The molecule has 0 aliphatic rings. The van der Waals surface area contributed by atoms with Crippen molar-refractivity contribution in [3.63, 3.8) is 0 Å². The molecule has 0 aliphatic heterocycles. The first kappa shape index (κ1) is 15.3. The van der Waals surface area contributed by atoms with Gasteiger partial charge in [0.15, 0.2) is 10.6 Å². The van der Waals surface area contributed by atoms with Crippen LogP contribution in [-0.4, -0.2) is 34.4 Å². The van der Waals surface area contributed by atoms with Crippen molar-refractivity contribution in [2.24, 2.45) is 0 Å². The molecule has 0 N–H and O–H groups in total. The van der Waals surface area contributed by atoms with E-state index in [9.17, 15) is 0 Å². The Hall–Kier alpha value is -1.05. The smallest absolute Gasteiger partial charge is 0.197 e. The lowest BCUT2D eigenvalue weighted by Crippen LogP contribution is -2.22. The van der Waals surface area contributed by atoms with Crippen molar-refractivity contribution in [2.45, 2.75) is 32.4 Å². The number of nitrogens with zero attached hydrogens (tertiary/aromatic N) is 4. The molecule has 0 radical (unpaired) electrons. The highest BCUT2D eigenvalue weighted by atomic mass is 79.9. The van der Waals surface area contributed by atoms with Crippen molar-refractivity contribution >= 4 is 24.0 Å². The van der Waals surface area contributed by atoms with E-state index >= 15 is 0 Å². The number of pyridine rings is 1. The summed E-state index contributed by atoms with van der Waals surface area (Å²) < 4.78 is 8.08. The maximum atomic E-state index is 5.68. The summed E-state index contributed by atoms with van der Waals surface area (Å²) in [5.41, 5.74) is 0.946. The van der Waals surface area contributed by atoms with Gasteiger partial charge in [0.1, 0.15) is 6.73 Å². The lowest BCUT2D eigenvalue weighted by atomic mass is 10.3. The van der Waals surface area contributed by atoms with Gasteiger partial charge in [-0.05, 0) is 34.1 Å². The Kier molecular flexibility index (Phi) is 5.06. The maximum absolute atomic E-state index is 5.68. The monoisotopic (exact) mass is 354 g/mol. The molecule has 0 saturated carbocycles. The van der Waals surface area contributed by atoms with Crippen LogP contribution in [0.15, 0.2) is 29.3 Å². The number of ether oxygens (including phenoxy) is 1. The largest absolute Gasteiger partial charge is 0.359 e. The second kappa shape index (κ2) is 6.60. The SMILES string of the molecule is C[Si](C)(C)CCOCn1nc(-c2ccncc2)nc1Br. The zero-order valence-corrected chi connectivity index (χ0v) is 14.6. The van der Waals surface area contributed by atoms with Gasteiger partial charge in [-0.15, -0.1) is 5.10 Å². The van der Waals surface area contributed by atoms with Crippen LogP contribution >= 0.6 is 15.9 Å². The van der Waals surface area contributed by atoms with E-state index in [1.807, 2.05) is 12.1 Å². The predicted molar refractivity (Wildman–Crippen MR) is 85.1 cm³/mol. The van der Waals surface area contributed by atoms with Crippen molar-refractivity contribution in [3.05, 3.63) is 29.3 Å². The molecule has 0 atom stereocenters. The van der Waals surface area contributed by atoms with E-state index in [2.05, 4.69) is 50.6 Å². The molecule has 5 nitrogen and oxygen atoms in total. The van der Waals surface area contributed by atoms with E-state index in [4.69, 9.17) is 4.74 Å². The summed E-state index contributed by atoms with van der Waals surface area (Å²) in [6.45, 7) is 8.20. The first-order chi connectivity index (χ1) is 9.46. The Morgan fingerprint density at radius 1 is 1.25 bits per heavy atom. The molecule has 2 heterocycles. The minimum atomic E-state index is -1.05. The fourth-order valence-electron chi connectivity index (χ4n) is 1.56. The quantitative estimate of drug-likeness (QED) is 0.589. The van der Waals surface area contributed by atoms with E-state index in [1.165, 1.54) is 0 Å². The van der Waals surface area contributed by atoms with Crippen molar-refractivity contribution < 1.29 is 4.74 Å². The number of hydrogen-bond acceptors (Lipinski definition) is 4. The minimum absolute atomic E-state index is 0.420. The third-order valence-corrected chi connectivity index (χ3v) is 5.07. The molecule has 0 fully saturated rings. The molecule has 0 unspecified atom stereocenters. The molecule has 0 aliphatic carbocycles. The lowest BCUT2D eigenvalue weighted by molar-refractivity contribution is 0.0767. The molecular weight excluding hydrogens is 336 g/mol. The molecule has 0 spiro atoms. The molecule has 0 saturated heterocycles. The second-order valence-corrected chi connectivity index (χ2v) is 12.1. The topological polar surface area (TPSA) is 52.8 Å². The summed E-state index contributed by atoms with van der Waals surface area (Å²) in [4.78, 5) is 8.37. The Balaban J connectivity index is 1.95. The molecular formula is C13H19BrN4OSi. The average Bonchev–Trinajstić information content (AvgIpc) is 2.76. The Labute approximate surface area is 128 Å². The summed E-state index contributed by atoms with van der Waals surface area (Å²) in [5, 5.41) is 4.43. The van der Waals surface area contributed by atoms with Gasteiger partial charge in [0, 0.05) is 32.6 Å². The van der Waals surface area contributed by atoms with Gasteiger partial charge in [0.05, 0.1) is 0 Å². The first-order valence-corrected chi connectivity index (χ1v) is 11.0. The molecule has 2 aromatic heterocycles. The molecule has 108 valence electrons. The Bertz CT molecular complexity index is 553. The maximum Gasteiger partial charge on any atom is 0.197 e. The van der Waals surface area contributed by atoms with Crippen molar-refractivity contribution in [1.29, 1.82) is 0 Å². The van der Waals surface area contributed by atoms with Gasteiger partial charge in [0.25, 0.3) is 0 Å². The second-order valence-electron chi connectivity index (χ2n) is 5.79. The van der Waals surface area contributed by atoms with Gasteiger partial charge in [-0.25, -0.2) is 9.67 Å². The standard InChI is InChI=1S/C13H19BrN4OSi/c1-20(2,3)9-8-19-10-18-13(14)16-12(17-18)11-4-6-15-7-5-11/h4-7H,8-10H2,1-3H3. The van der Waals surface area contributed by atoms with Crippen LogP contribution in [-0.2, 0) is 11.5 Å². The summed E-state index contributed by atoms with van der Waals surface area (Å²) in [6, 6.07) is 4.92.